The summed E-state index contributed by atoms with van der Waals surface area (Å²) in [7, 11) is -2.01. The number of sulfonamides is 1. The van der Waals surface area contributed by atoms with Crippen molar-refractivity contribution in [3.05, 3.63) is 22.7 Å². The van der Waals surface area contributed by atoms with Gasteiger partial charge in [0.2, 0.25) is 10.0 Å². The van der Waals surface area contributed by atoms with Crippen LogP contribution in [0.1, 0.15) is 19.8 Å². The van der Waals surface area contributed by atoms with Crippen LogP contribution in [0.25, 0.3) is 0 Å². The Balaban J connectivity index is 2.69. The lowest BCUT2D eigenvalue weighted by Crippen LogP contribution is -2.25. The summed E-state index contributed by atoms with van der Waals surface area (Å²) >= 11 is 3.25. The van der Waals surface area contributed by atoms with Gasteiger partial charge in [-0.2, -0.15) is 0 Å². The van der Waals surface area contributed by atoms with Gasteiger partial charge in [0.1, 0.15) is 5.75 Å². The molecule has 0 saturated heterocycles. The molecular weight excluding hydrogens is 334 g/mol. The lowest BCUT2D eigenvalue weighted by atomic mass is 10.2. The number of aliphatic hydroxyl groups excluding tert-OH is 1. The van der Waals surface area contributed by atoms with Gasteiger partial charge in [-0.3, -0.25) is 0 Å². The topological polar surface area (TPSA) is 75.6 Å². The van der Waals surface area contributed by atoms with E-state index in [1.165, 1.54) is 19.2 Å². The van der Waals surface area contributed by atoms with Crippen molar-refractivity contribution in [3.8, 4) is 5.75 Å². The number of benzene rings is 1. The van der Waals surface area contributed by atoms with Crippen molar-refractivity contribution in [2.24, 2.45) is 0 Å². The third-order valence-electron chi connectivity index (χ3n) is 2.52. The number of aliphatic hydroxyl groups is 1. The minimum atomic E-state index is -3.52. The van der Waals surface area contributed by atoms with E-state index >= 15 is 0 Å². The fourth-order valence-corrected chi connectivity index (χ4v) is 3.29. The molecule has 0 radical (unpaired) electrons. The van der Waals surface area contributed by atoms with Gasteiger partial charge in [-0.25, -0.2) is 13.1 Å². The summed E-state index contributed by atoms with van der Waals surface area (Å²) in [5.41, 5.74) is 0. The second-order valence-electron chi connectivity index (χ2n) is 4.19. The van der Waals surface area contributed by atoms with E-state index in [0.29, 0.717) is 29.6 Å². The number of ether oxygens (including phenoxy) is 1. The molecule has 7 heteroatoms. The highest BCUT2D eigenvalue weighted by Gasteiger charge is 2.15. The summed E-state index contributed by atoms with van der Waals surface area (Å²) in [5.74, 6) is 0.577. The van der Waals surface area contributed by atoms with Crippen molar-refractivity contribution in [1.82, 2.24) is 4.72 Å². The van der Waals surface area contributed by atoms with Gasteiger partial charge in [-0.15, -0.1) is 0 Å². The third-order valence-corrected chi connectivity index (χ3v) is 4.60. The van der Waals surface area contributed by atoms with Gasteiger partial charge in [0.05, 0.1) is 22.6 Å². The van der Waals surface area contributed by atoms with Crippen LogP contribution < -0.4 is 9.46 Å². The maximum atomic E-state index is 12.0. The Kier molecular flexibility index (Phi) is 6.25. The Morgan fingerprint density at radius 1 is 1.47 bits per heavy atom. The number of rotatable bonds is 7. The zero-order valence-corrected chi connectivity index (χ0v) is 13.3. The van der Waals surface area contributed by atoms with E-state index in [4.69, 9.17) is 9.84 Å². The molecule has 1 atom stereocenters. The van der Waals surface area contributed by atoms with Crippen molar-refractivity contribution in [2.45, 2.75) is 30.8 Å². The second-order valence-corrected chi connectivity index (χ2v) is 6.81. The van der Waals surface area contributed by atoms with Gasteiger partial charge < -0.3 is 9.84 Å². The molecule has 0 spiro atoms. The first-order chi connectivity index (χ1) is 8.86. The van der Waals surface area contributed by atoms with Crippen LogP contribution in [-0.4, -0.2) is 33.3 Å². The quantitative estimate of drug-likeness (QED) is 0.735. The predicted octanol–water partition coefficient (Wildman–Crippen LogP) is 1.90. The molecule has 2 N–H and O–H groups in total. The summed E-state index contributed by atoms with van der Waals surface area (Å²) < 4.78 is 32.1. The standard InChI is InChI=1S/C12H18BrNO4S/c1-9(15)4-3-7-14-19(16,17)10-5-6-12(18-2)11(13)8-10/h5-6,8-9,14-15H,3-4,7H2,1-2H3. The van der Waals surface area contributed by atoms with Crippen molar-refractivity contribution >= 4 is 26.0 Å². The first kappa shape index (κ1) is 16.4. The van der Waals surface area contributed by atoms with E-state index in [0.717, 1.165) is 0 Å². The lowest BCUT2D eigenvalue weighted by Gasteiger charge is -2.09. The first-order valence-corrected chi connectivity index (χ1v) is 8.15. The Bertz CT molecular complexity index is 516. The predicted molar refractivity (Wildman–Crippen MR) is 76.8 cm³/mol. The van der Waals surface area contributed by atoms with Crippen molar-refractivity contribution in [1.29, 1.82) is 0 Å². The van der Waals surface area contributed by atoms with E-state index in [2.05, 4.69) is 20.7 Å². The van der Waals surface area contributed by atoms with Gasteiger partial charge in [0.15, 0.2) is 0 Å². The normalized spacial score (nSPS) is 13.3. The number of hydrogen-bond donors (Lipinski definition) is 2. The van der Waals surface area contributed by atoms with E-state index in [1.54, 1.807) is 13.0 Å². The smallest absolute Gasteiger partial charge is 0.240 e. The Hall–Kier alpha value is -0.630. The highest BCUT2D eigenvalue weighted by atomic mass is 79.9. The Labute approximate surface area is 122 Å². The van der Waals surface area contributed by atoms with Crippen LogP contribution >= 0.6 is 15.9 Å². The van der Waals surface area contributed by atoms with Crippen LogP contribution in [0.2, 0.25) is 0 Å². The number of hydrogen-bond acceptors (Lipinski definition) is 4. The molecular formula is C12H18BrNO4S. The summed E-state index contributed by atoms with van der Waals surface area (Å²) in [6, 6.07) is 4.57. The summed E-state index contributed by atoms with van der Waals surface area (Å²) in [6.07, 6.45) is 0.739. The maximum absolute atomic E-state index is 12.0. The van der Waals surface area contributed by atoms with Crippen LogP contribution in [-0.2, 0) is 10.0 Å². The highest BCUT2D eigenvalue weighted by Crippen LogP contribution is 2.27. The summed E-state index contributed by atoms with van der Waals surface area (Å²) in [5, 5.41) is 9.10. The van der Waals surface area contributed by atoms with Crippen molar-refractivity contribution in [3.63, 3.8) is 0 Å². The lowest BCUT2D eigenvalue weighted by molar-refractivity contribution is 0.182. The molecule has 1 aromatic carbocycles. The number of halogens is 1. The summed E-state index contributed by atoms with van der Waals surface area (Å²) in [6.45, 7) is 1.98. The average molecular weight is 352 g/mol. The SMILES string of the molecule is COc1ccc(S(=O)(=O)NCCCC(C)O)cc1Br. The van der Waals surface area contributed by atoms with E-state index in [9.17, 15) is 8.42 Å². The molecule has 0 aromatic heterocycles. The molecule has 19 heavy (non-hydrogen) atoms. The molecule has 5 nitrogen and oxygen atoms in total. The molecule has 0 bridgehead atoms. The maximum Gasteiger partial charge on any atom is 0.240 e. The monoisotopic (exact) mass is 351 g/mol. The molecule has 0 aliphatic heterocycles. The van der Waals surface area contributed by atoms with Crippen LogP contribution in [0.4, 0.5) is 0 Å². The fourth-order valence-electron chi connectivity index (χ4n) is 1.50. The first-order valence-electron chi connectivity index (χ1n) is 5.88. The van der Waals surface area contributed by atoms with Gasteiger partial charge in [0.25, 0.3) is 0 Å². The molecule has 0 aliphatic carbocycles. The minimum absolute atomic E-state index is 0.178. The van der Waals surface area contributed by atoms with Crippen LogP contribution in [0, 0.1) is 0 Å². The molecule has 1 rings (SSSR count). The van der Waals surface area contributed by atoms with Gasteiger partial charge in [-0.05, 0) is 53.9 Å². The molecule has 0 saturated carbocycles. The second kappa shape index (κ2) is 7.23. The van der Waals surface area contributed by atoms with Gasteiger partial charge in [0, 0.05) is 6.54 Å². The molecule has 108 valence electrons. The fraction of sp³-hybridized carbons (Fsp3) is 0.500. The van der Waals surface area contributed by atoms with Crippen LogP contribution in [0.5, 0.6) is 5.75 Å². The Morgan fingerprint density at radius 3 is 2.68 bits per heavy atom. The largest absolute Gasteiger partial charge is 0.496 e. The summed E-state index contributed by atoms with van der Waals surface area (Å²) in [4.78, 5) is 0.178. The van der Waals surface area contributed by atoms with E-state index in [1.807, 2.05) is 0 Å². The van der Waals surface area contributed by atoms with Crippen LogP contribution in [0.15, 0.2) is 27.6 Å². The molecule has 1 unspecified atom stereocenters. The Morgan fingerprint density at radius 2 is 2.16 bits per heavy atom. The molecule has 0 amide bonds. The van der Waals surface area contributed by atoms with Crippen molar-refractivity contribution in [2.75, 3.05) is 13.7 Å². The van der Waals surface area contributed by atoms with Gasteiger partial charge in [-0.1, -0.05) is 0 Å². The zero-order valence-electron chi connectivity index (χ0n) is 10.9. The molecule has 0 fully saturated rings. The number of methoxy groups -OCH3 is 1. The van der Waals surface area contributed by atoms with Gasteiger partial charge >= 0.3 is 0 Å². The molecule has 0 heterocycles. The van der Waals surface area contributed by atoms with Crippen LogP contribution in [0.3, 0.4) is 0 Å². The molecule has 1 aromatic rings. The van der Waals surface area contributed by atoms with E-state index in [-0.39, 0.29) is 4.90 Å². The average Bonchev–Trinajstić information content (AvgIpc) is 2.34. The molecule has 0 aliphatic rings. The van der Waals surface area contributed by atoms with E-state index < -0.39 is 16.1 Å². The zero-order chi connectivity index (χ0) is 14.5. The highest BCUT2D eigenvalue weighted by molar-refractivity contribution is 9.10. The minimum Gasteiger partial charge on any atom is -0.496 e. The number of nitrogens with one attached hydrogen (secondary N) is 1. The van der Waals surface area contributed by atoms with Crippen molar-refractivity contribution < 1.29 is 18.3 Å². The third kappa shape index (κ3) is 5.10.